The lowest BCUT2D eigenvalue weighted by Gasteiger charge is -2.04. The van der Waals surface area contributed by atoms with E-state index in [9.17, 15) is 4.79 Å². The summed E-state index contributed by atoms with van der Waals surface area (Å²) in [4.78, 5) is 11.5. The van der Waals surface area contributed by atoms with E-state index in [2.05, 4.69) is 0 Å². The van der Waals surface area contributed by atoms with Gasteiger partial charge in [-0.1, -0.05) is 60.7 Å². The van der Waals surface area contributed by atoms with Crippen LogP contribution in [0, 0.1) is 0 Å². The number of ether oxygens (including phenoxy) is 1. The summed E-state index contributed by atoms with van der Waals surface area (Å²) in [5.74, 6) is 0.162. The molecule has 0 atom stereocenters. The summed E-state index contributed by atoms with van der Waals surface area (Å²) in [6.07, 6.45) is 6.67. The van der Waals surface area contributed by atoms with Gasteiger partial charge in [0, 0.05) is 6.08 Å². The van der Waals surface area contributed by atoms with Gasteiger partial charge in [-0.25, -0.2) is 4.79 Å². The number of carbonyl (C=O) groups excluding carboxylic acids is 1. The summed E-state index contributed by atoms with van der Waals surface area (Å²) in [5, 5.41) is 0. The smallest absolute Gasteiger partial charge is 0.336 e. The van der Waals surface area contributed by atoms with E-state index in [1.807, 2.05) is 55.5 Å². The number of allylic oxidation sites excluding steroid dienone is 3. The molecule has 0 saturated heterocycles. The molecule has 2 aromatic carbocycles. The van der Waals surface area contributed by atoms with Crippen LogP contribution in [0.25, 0.3) is 11.1 Å². The average molecular weight is 264 g/mol. The van der Waals surface area contributed by atoms with E-state index < -0.39 is 0 Å². The Bertz CT molecular complexity index is 608. The fourth-order valence-electron chi connectivity index (χ4n) is 1.74. The first-order valence-corrected chi connectivity index (χ1v) is 6.46. The van der Waals surface area contributed by atoms with Crippen molar-refractivity contribution in [2.75, 3.05) is 0 Å². The molecule has 2 aromatic rings. The standard InChI is InChI=1S/C18H16O2/c1-2-3-5-10-18(19)20-17-13-11-16(12-14-17)15-8-6-4-7-9-15/h2-14H,1H3. The van der Waals surface area contributed by atoms with Crippen LogP contribution in [-0.4, -0.2) is 5.97 Å². The molecular weight excluding hydrogens is 248 g/mol. The van der Waals surface area contributed by atoms with Gasteiger partial charge in [-0.3, -0.25) is 0 Å². The van der Waals surface area contributed by atoms with Crippen LogP contribution >= 0.6 is 0 Å². The first-order chi connectivity index (χ1) is 9.79. The van der Waals surface area contributed by atoms with Crippen molar-refractivity contribution in [3.05, 3.63) is 78.9 Å². The van der Waals surface area contributed by atoms with Crippen LogP contribution < -0.4 is 4.74 Å². The van der Waals surface area contributed by atoms with Gasteiger partial charge in [-0.05, 0) is 30.2 Å². The molecule has 0 aliphatic carbocycles. The zero-order valence-electron chi connectivity index (χ0n) is 11.3. The van der Waals surface area contributed by atoms with Crippen LogP contribution in [0.3, 0.4) is 0 Å². The van der Waals surface area contributed by atoms with Crippen LogP contribution in [0.4, 0.5) is 0 Å². The van der Waals surface area contributed by atoms with Crippen molar-refractivity contribution in [1.82, 2.24) is 0 Å². The molecule has 0 heterocycles. The van der Waals surface area contributed by atoms with Crippen molar-refractivity contribution in [3.8, 4) is 16.9 Å². The van der Waals surface area contributed by atoms with Crippen LogP contribution in [0.15, 0.2) is 78.9 Å². The molecule has 2 rings (SSSR count). The maximum Gasteiger partial charge on any atom is 0.336 e. The molecular formula is C18H16O2. The second-order valence-corrected chi connectivity index (χ2v) is 4.20. The second kappa shape index (κ2) is 7.10. The largest absolute Gasteiger partial charge is 0.423 e. The third kappa shape index (κ3) is 3.95. The number of carbonyl (C=O) groups is 1. The summed E-state index contributed by atoms with van der Waals surface area (Å²) < 4.78 is 5.19. The quantitative estimate of drug-likeness (QED) is 0.354. The Morgan fingerprint density at radius 2 is 1.55 bits per heavy atom. The predicted octanol–water partition coefficient (Wildman–Crippen LogP) is 4.39. The maximum atomic E-state index is 11.5. The third-order valence-electron chi connectivity index (χ3n) is 2.72. The summed E-state index contributed by atoms with van der Waals surface area (Å²) in [6.45, 7) is 1.89. The maximum absolute atomic E-state index is 11.5. The fraction of sp³-hybridized carbons (Fsp3) is 0.0556. The minimum absolute atomic E-state index is 0.379. The topological polar surface area (TPSA) is 26.3 Å². The SMILES string of the molecule is CC=CC=CC(=O)Oc1ccc(-c2ccccc2)cc1. The lowest BCUT2D eigenvalue weighted by molar-refractivity contribution is -0.128. The zero-order chi connectivity index (χ0) is 14.2. The Morgan fingerprint density at radius 1 is 0.900 bits per heavy atom. The molecule has 2 nitrogen and oxygen atoms in total. The normalized spacial score (nSPS) is 11.1. The molecule has 0 fully saturated rings. The van der Waals surface area contributed by atoms with E-state index in [-0.39, 0.29) is 5.97 Å². The minimum atomic E-state index is -0.379. The van der Waals surface area contributed by atoms with Gasteiger partial charge >= 0.3 is 5.97 Å². The van der Waals surface area contributed by atoms with Gasteiger partial charge in [0.2, 0.25) is 0 Å². The molecule has 0 spiro atoms. The number of esters is 1. The summed E-state index contributed by atoms with van der Waals surface area (Å²) in [7, 11) is 0. The first-order valence-electron chi connectivity index (χ1n) is 6.46. The Balaban J connectivity index is 2.04. The first kappa shape index (κ1) is 13.8. The zero-order valence-corrected chi connectivity index (χ0v) is 11.3. The molecule has 0 N–H and O–H groups in total. The molecule has 0 saturated carbocycles. The summed E-state index contributed by atoms with van der Waals surface area (Å²) >= 11 is 0. The molecule has 0 aliphatic rings. The molecule has 0 aliphatic heterocycles. The third-order valence-corrected chi connectivity index (χ3v) is 2.72. The summed E-state index contributed by atoms with van der Waals surface area (Å²) in [5.41, 5.74) is 2.23. The van der Waals surface area contributed by atoms with Gasteiger partial charge in [0.15, 0.2) is 0 Å². The Morgan fingerprint density at radius 3 is 2.20 bits per heavy atom. The van der Waals surface area contributed by atoms with Crippen molar-refractivity contribution in [2.24, 2.45) is 0 Å². The molecule has 0 radical (unpaired) electrons. The molecule has 20 heavy (non-hydrogen) atoms. The molecule has 0 aromatic heterocycles. The minimum Gasteiger partial charge on any atom is -0.423 e. The van der Waals surface area contributed by atoms with Crippen LogP contribution in [0.5, 0.6) is 5.75 Å². The van der Waals surface area contributed by atoms with Crippen molar-refractivity contribution < 1.29 is 9.53 Å². The van der Waals surface area contributed by atoms with Crippen molar-refractivity contribution in [1.29, 1.82) is 0 Å². The Hall–Kier alpha value is -2.61. The molecule has 100 valence electrons. The highest BCUT2D eigenvalue weighted by Crippen LogP contribution is 2.22. The Labute approximate surface area is 119 Å². The van der Waals surface area contributed by atoms with E-state index in [1.165, 1.54) is 6.08 Å². The van der Waals surface area contributed by atoms with Crippen LogP contribution in [0.1, 0.15) is 6.92 Å². The molecule has 0 bridgehead atoms. The van der Waals surface area contributed by atoms with E-state index >= 15 is 0 Å². The number of hydrogen-bond acceptors (Lipinski definition) is 2. The van der Waals surface area contributed by atoms with Gasteiger partial charge in [-0.15, -0.1) is 0 Å². The van der Waals surface area contributed by atoms with E-state index in [4.69, 9.17) is 4.74 Å². The molecule has 0 unspecified atom stereocenters. The number of rotatable bonds is 4. The van der Waals surface area contributed by atoms with E-state index in [0.29, 0.717) is 5.75 Å². The van der Waals surface area contributed by atoms with Crippen LogP contribution in [-0.2, 0) is 4.79 Å². The van der Waals surface area contributed by atoms with E-state index in [1.54, 1.807) is 24.3 Å². The van der Waals surface area contributed by atoms with Crippen molar-refractivity contribution in [2.45, 2.75) is 6.92 Å². The van der Waals surface area contributed by atoms with Crippen LogP contribution in [0.2, 0.25) is 0 Å². The highest BCUT2D eigenvalue weighted by Gasteiger charge is 2.01. The number of benzene rings is 2. The lowest BCUT2D eigenvalue weighted by Crippen LogP contribution is -2.03. The monoisotopic (exact) mass is 264 g/mol. The number of hydrogen-bond donors (Lipinski definition) is 0. The van der Waals surface area contributed by atoms with Gasteiger partial charge < -0.3 is 4.74 Å². The molecule has 0 amide bonds. The highest BCUT2D eigenvalue weighted by atomic mass is 16.5. The molecule has 2 heteroatoms. The van der Waals surface area contributed by atoms with E-state index in [0.717, 1.165) is 11.1 Å². The van der Waals surface area contributed by atoms with Crippen molar-refractivity contribution in [3.63, 3.8) is 0 Å². The Kier molecular flexibility index (Phi) is 4.90. The summed E-state index contributed by atoms with van der Waals surface area (Å²) in [6, 6.07) is 17.5. The second-order valence-electron chi connectivity index (χ2n) is 4.20. The average Bonchev–Trinajstić information content (AvgIpc) is 2.49. The van der Waals surface area contributed by atoms with Gasteiger partial charge in [0.1, 0.15) is 5.75 Å². The highest BCUT2D eigenvalue weighted by molar-refractivity contribution is 5.84. The van der Waals surface area contributed by atoms with Gasteiger partial charge in [0.05, 0.1) is 0 Å². The van der Waals surface area contributed by atoms with Gasteiger partial charge in [0.25, 0.3) is 0 Å². The predicted molar refractivity (Wildman–Crippen MR) is 81.5 cm³/mol. The van der Waals surface area contributed by atoms with Gasteiger partial charge in [-0.2, -0.15) is 0 Å². The lowest BCUT2D eigenvalue weighted by atomic mass is 10.1. The fourth-order valence-corrected chi connectivity index (χ4v) is 1.74. The van der Waals surface area contributed by atoms with Crippen molar-refractivity contribution >= 4 is 5.97 Å².